The molecule has 1 fully saturated rings. The van der Waals surface area contributed by atoms with E-state index in [4.69, 9.17) is 4.84 Å². The molecule has 0 atom stereocenters. The summed E-state index contributed by atoms with van der Waals surface area (Å²) in [5.74, 6) is 0.404. The Morgan fingerprint density at radius 1 is 1.03 bits per heavy atom. The second-order valence-electron chi connectivity index (χ2n) is 7.75. The summed E-state index contributed by atoms with van der Waals surface area (Å²) < 4.78 is 42.4. The van der Waals surface area contributed by atoms with Gasteiger partial charge in [0.2, 0.25) is 0 Å². The van der Waals surface area contributed by atoms with Crippen LogP contribution in [0.5, 0.6) is 5.75 Å². The van der Waals surface area contributed by atoms with Crippen LogP contribution in [0, 0.1) is 0 Å². The summed E-state index contributed by atoms with van der Waals surface area (Å²) in [7, 11) is 0. The summed E-state index contributed by atoms with van der Waals surface area (Å²) in [4.78, 5) is 13.7. The number of aromatic amines is 1. The van der Waals surface area contributed by atoms with Crippen molar-refractivity contribution in [1.29, 1.82) is 0 Å². The molecular formula is C22H20F3N3O2. The van der Waals surface area contributed by atoms with Crippen LogP contribution in [0.25, 0.3) is 27.9 Å². The predicted octanol–water partition coefficient (Wildman–Crippen LogP) is 5.71. The van der Waals surface area contributed by atoms with Crippen LogP contribution in [0.2, 0.25) is 0 Å². The molecule has 0 saturated heterocycles. The highest BCUT2D eigenvalue weighted by Crippen LogP contribution is 2.38. The smallest absolute Gasteiger partial charge is 0.405 e. The minimum atomic E-state index is -4.75. The van der Waals surface area contributed by atoms with E-state index in [9.17, 15) is 13.2 Å². The molecule has 3 aromatic rings. The van der Waals surface area contributed by atoms with E-state index in [-0.39, 0.29) is 11.4 Å². The van der Waals surface area contributed by atoms with Gasteiger partial charge in [-0.2, -0.15) is 0 Å². The number of rotatable bonds is 3. The Bertz CT molecular complexity index is 1110. The number of H-pyrrole nitrogens is 1. The fraction of sp³-hybridized carbons (Fsp3) is 0.318. The first-order chi connectivity index (χ1) is 14.4. The quantitative estimate of drug-likeness (QED) is 0.576. The lowest BCUT2D eigenvalue weighted by atomic mass is 9.84. The van der Waals surface area contributed by atoms with Crippen LogP contribution in [0.15, 0.2) is 48.5 Å². The third-order valence-electron chi connectivity index (χ3n) is 5.63. The molecule has 0 radical (unpaired) electrons. The highest BCUT2D eigenvalue weighted by Gasteiger charge is 2.37. The van der Waals surface area contributed by atoms with Crippen LogP contribution >= 0.6 is 0 Å². The van der Waals surface area contributed by atoms with E-state index in [1.807, 2.05) is 0 Å². The lowest BCUT2D eigenvalue weighted by Crippen LogP contribution is -2.31. The molecule has 2 N–H and O–H groups in total. The number of fused-ring (bicyclic) bond motifs is 1. The number of alkyl halides is 3. The molecule has 1 aromatic heterocycles. The zero-order valence-corrected chi connectivity index (χ0v) is 16.1. The normalized spacial score (nSPS) is 18.4. The van der Waals surface area contributed by atoms with Gasteiger partial charge in [-0.15, -0.1) is 13.2 Å². The van der Waals surface area contributed by atoms with Crippen LogP contribution in [-0.2, 0) is 4.84 Å². The number of nitrogens with zero attached hydrogens (tertiary/aromatic N) is 1. The topological polar surface area (TPSA) is 59.2 Å². The van der Waals surface area contributed by atoms with Gasteiger partial charge in [-0.05, 0) is 42.7 Å². The summed E-state index contributed by atoms with van der Waals surface area (Å²) in [6.07, 6.45) is 2.78. The summed E-state index contributed by atoms with van der Waals surface area (Å²) >= 11 is 0. The van der Waals surface area contributed by atoms with Crippen molar-refractivity contribution in [3.8, 4) is 16.9 Å². The van der Waals surface area contributed by atoms with E-state index in [2.05, 4.69) is 26.3 Å². The Hall–Kier alpha value is -3.00. The third kappa shape index (κ3) is 3.63. The molecule has 156 valence electrons. The number of hydrogen-bond acceptors (Lipinski definition) is 4. The highest BCUT2D eigenvalue weighted by atomic mass is 19.4. The van der Waals surface area contributed by atoms with E-state index in [0.29, 0.717) is 17.0 Å². The fourth-order valence-electron chi connectivity index (χ4n) is 4.22. The van der Waals surface area contributed by atoms with Crippen molar-refractivity contribution in [2.45, 2.75) is 44.1 Å². The van der Waals surface area contributed by atoms with Gasteiger partial charge in [-0.3, -0.25) is 10.3 Å². The third-order valence-corrected chi connectivity index (χ3v) is 5.63. The van der Waals surface area contributed by atoms with Crippen LogP contribution in [0.1, 0.15) is 37.9 Å². The minimum absolute atomic E-state index is 0.239. The molecule has 2 heterocycles. The first-order valence-electron chi connectivity index (χ1n) is 9.93. The number of benzene rings is 2. The molecular weight excluding hydrogens is 395 g/mol. The van der Waals surface area contributed by atoms with Crippen molar-refractivity contribution >= 4 is 16.7 Å². The van der Waals surface area contributed by atoms with Gasteiger partial charge in [0.05, 0.1) is 11.0 Å². The van der Waals surface area contributed by atoms with Gasteiger partial charge in [-0.1, -0.05) is 43.5 Å². The number of aromatic nitrogens is 2. The lowest BCUT2D eigenvalue weighted by Gasteiger charge is -2.29. The van der Waals surface area contributed by atoms with Gasteiger partial charge in [0.1, 0.15) is 17.0 Å². The van der Waals surface area contributed by atoms with Crippen LogP contribution in [-0.4, -0.2) is 21.9 Å². The van der Waals surface area contributed by atoms with Crippen molar-refractivity contribution in [2.24, 2.45) is 0 Å². The maximum Gasteiger partial charge on any atom is 0.573 e. The van der Waals surface area contributed by atoms with Crippen molar-refractivity contribution in [1.82, 2.24) is 15.4 Å². The summed E-state index contributed by atoms with van der Waals surface area (Å²) in [6.45, 7) is 0. The number of ether oxygens (including phenoxy) is 1. The van der Waals surface area contributed by atoms with Crippen molar-refractivity contribution in [2.75, 3.05) is 0 Å². The Labute approximate surface area is 170 Å². The van der Waals surface area contributed by atoms with E-state index in [1.54, 1.807) is 30.3 Å². The molecule has 0 bridgehead atoms. The van der Waals surface area contributed by atoms with Gasteiger partial charge in [-0.25, -0.2) is 4.98 Å². The molecule has 1 spiro atoms. The van der Waals surface area contributed by atoms with E-state index in [1.165, 1.54) is 18.6 Å². The van der Waals surface area contributed by atoms with Gasteiger partial charge in [0, 0.05) is 5.56 Å². The monoisotopic (exact) mass is 415 g/mol. The number of imidazole rings is 1. The zero-order valence-electron chi connectivity index (χ0n) is 16.1. The molecule has 1 aliphatic heterocycles. The van der Waals surface area contributed by atoms with Crippen LogP contribution < -0.4 is 10.2 Å². The molecule has 0 amide bonds. The second-order valence-corrected chi connectivity index (χ2v) is 7.75. The van der Waals surface area contributed by atoms with E-state index < -0.39 is 6.36 Å². The molecule has 30 heavy (non-hydrogen) atoms. The largest absolute Gasteiger partial charge is 0.573 e. The molecule has 5 rings (SSSR count). The number of hydroxylamine groups is 1. The standard InChI is InChI=1S/C22H20F3N3O2/c23-22(24,25)29-19-7-3-2-6-15(19)14-8-9-16-17(12-14)27-20(26-16)18-13-21(30-28-18)10-4-1-5-11-21/h2-3,6-9,12-13,28H,1,4-5,10-11H2,(H,26,27). The molecule has 0 unspecified atom stereocenters. The van der Waals surface area contributed by atoms with Crippen molar-refractivity contribution in [3.05, 3.63) is 54.4 Å². The highest BCUT2D eigenvalue weighted by molar-refractivity contribution is 5.85. The predicted molar refractivity (Wildman–Crippen MR) is 106 cm³/mol. The number of nitrogens with one attached hydrogen (secondary N) is 2. The van der Waals surface area contributed by atoms with E-state index >= 15 is 0 Å². The van der Waals surface area contributed by atoms with Gasteiger partial charge >= 0.3 is 6.36 Å². The van der Waals surface area contributed by atoms with Crippen molar-refractivity contribution < 1.29 is 22.7 Å². The number of hydrogen-bond donors (Lipinski definition) is 2. The average molecular weight is 415 g/mol. The summed E-state index contributed by atoms with van der Waals surface area (Å²) in [5.41, 5.74) is 5.91. The Balaban J connectivity index is 1.48. The van der Waals surface area contributed by atoms with Crippen molar-refractivity contribution in [3.63, 3.8) is 0 Å². The molecule has 1 aliphatic carbocycles. The lowest BCUT2D eigenvalue weighted by molar-refractivity contribution is -0.274. The minimum Gasteiger partial charge on any atom is -0.405 e. The number of para-hydroxylation sites is 1. The van der Waals surface area contributed by atoms with Gasteiger partial charge in [0.15, 0.2) is 5.82 Å². The molecule has 5 nitrogen and oxygen atoms in total. The summed E-state index contributed by atoms with van der Waals surface area (Å²) in [6, 6.07) is 11.4. The fourth-order valence-corrected chi connectivity index (χ4v) is 4.22. The SMILES string of the molecule is FC(F)(F)Oc1ccccc1-c1ccc2nc(C3=CC4(CCCCC4)ON3)[nH]c2c1. The summed E-state index contributed by atoms with van der Waals surface area (Å²) in [5, 5.41) is 0. The maximum atomic E-state index is 12.8. The van der Waals surface area contributed by atoms with Crippen LogP contribution in [0.3, 0.4) is 0 Å². The molecule has 2 aromatic carbocycles. The Morgan fingerprint density at radius 2 is 1.83 bits per heavy atom. The Kier molecular flexibility index (Phi) is 4.47. The van der Waals surface area contributed by atoms with Crippen LogP contribution in [0.4, 0.5) is 13.2 Å². The first kappa shape index (κ1) is 19.0. The zero-order chi connectivity index (χ0) is 20.8. The van der Waals surface area contributed by atoms with Gasteiger partial charge in [0.25, 0.3) is 0 Å². The molecule has 2 aliphatic rings. The second kappa shape index (κ2) is 7.05. The maximum absolute atomic E-state index is 12.8. The van der Waals surface area contributed by atoms with Gasteiger partial charge < -0.3 is 9.72 Å². The van der Waals surface area contributed by atoms with E-state index in [0.717, 1.165) is 42.4 Å². The Morgan fingerprint density at radius 3 is 2.63 bits per heavy atom. The molecule has 1 saturated carbocycles. The average Bonchev–Trinajstić information content (AvgIpc) is 3.31. The molecule has 8 heteroatoms. The number of halogens is 3. The first-order valence-corrected chi connectivity index (χ1v) is 9.93.